The summed E-state index contributed by atoms with van der Waals surface area (Å²) in [5.41, 5.74) is 0.322. The Morgan fingerprint density at radius 3 is 2.76 bits per heavy atom. The van der Waals surface area contributed by atoms with Crippen molar-refractivity contribution in [1.82, 2.24) is 5.32 Å². The fourth-order valence-corrected chi connectivity index (χ4v) is 2.10. The summed E-state index contributed by atoms with van der Waals surface area (Å²) < 4.78 is 37.2. The van der Waals surface area contributed by atoms with E-state index in [9.17, 15) is 13.0 Å². The van der Waals surface area contributed by atoms with Gasteiger partial charge >= 0.3 is 0 Å². The largest absolute Gasteiger partial charge is 0.310 e. The van der Waals surface area contributed by atoms with Crippen molar-refractivity contribution in [3.05, 3.63) is 35.4 Å². The summed E-state index contributed by atoms with van der Waals surface area (Å²) in [6.45, 7) is 2.41. The molecular weight excluding hydrogens is 244 g/mol. The first-order valence-electron chi connectivity index (χ1n) is 5.49. The predicted octanol–water partition coefficient (Wildman–Crippen LogP) is 2.38. The van der Waals surface area contributed by atoms with Crippen LogP contribution in [0.2, 0.25) is 0 Å². The van der Waals surface area contributed by atoms with Crippen LogP contribution in [0.5, 0.6) is 0 Å². The number of benzene rings is 1. The molecule has 1 aromatic rings. The Balaban J connectivity index is 2.49. The third kappa shape index (κ3) is 4.91. The van der Waals surface area contributed by atoms with Crippen molar-refractivity contribution in [2.45, 2.75) is 19.4 Å². The van der Waals surface area contributed by atoms with Crippen LogP contribution in [0.4, 0.5) is 8.78 Å². The van der Waals surface area contributed by atoms with E-state index in [-0.39, 0.29) is 6.04 Å². The molecule has 1 aromatic carbocycles. The smallest absolute Gasteiger partial charge is 0.128 e. The first-order chi connectivity index (χ1) is 8.00. The van der Waals surface area contributed by atoms with Gasteiger partial charge in [-0.15, -0.1) is 0 Å². The molecule has 2 unspecified atom stereocenters. The molecule has 1 rings (SSSR count). The predicted molar refractivity (Wildman–Crippen MR) is 66.3 cm³/mol. The molecule has 0 heterocycles. The lowest BCUT2D eigenvalue weighted by molar-refractivity contribution is 0.518. The highest BCUT2D eigenvalue weighted by molar-refractivity contribution is 7.84. The number of nitrogens with one attached hydrogen (secondary N) is 1. The maximum atomic E-state index is 13.4. The molecule has 0 bridgehead atoms. The van der Waals surface area contributed by atoms with Gasteiger partial charge in [0.15, 0.2) is 0 Å². The van der Waals surface area contributed by atoms with E-state index in [1.54, 1.807) is 13.2 Å². The molecule has 1 N–H and O–H groups in total. The minimum absolute atomic E-state index is 0.254. The molecule has 96 valence electrons. The average molecular weight is 261 g/mol. The van der Waals surface area contributed by atoms with E-state index in [0.29, 0.717) is 17.9 Å². The monoisotopic (exact) mass is 261 g/mol. The van der Waals surface area contributed by atoms with E-state index < -0.39 is 22.4 Å². The van der Waals surface area contributed by atoms with Crippen molar-refractivity contribution >= 4 is 10.8 Å². The van der Waals surface area contributed by atoms with Gasteiger partial charge in [0.1, 0.15) is 11.6 Å². The van der Waals surface area contributed by atoms with E-state index in [1.807, 2.05) is 0 Å². The Bertz CT molecular complexity index is 398. The maximum Gasteiger partial charge on any atom is 0.128 e. The molecule has 0 spiro atoms. The first-order valence-corrected chi connectivity index (χ1v) is 7.22. The van der Waals surface area contributed by atoms with Gasteiger partial charge in [-0.25, -0.2) is 8.78 Å². The standard InChI is InChI=1S/C12H17F2NOS/c1-9(15-6-3-7-17(2)16)11-8-10(13)4-5-12(11)14/h4-5,8-9,15H,3,6-7H2,1-2H3. The molecule has 2 nitrogen and oxygen atoms in total. The summed E-state index contributed by atoms with van der Waals surface area (Å²) in [6.07, 6.45) is 2.40. The zero-order chi connectivity index (χ0) is 12.8. The number of hydrogen-bond donors (Lipinski definition) is 1. The molecule has 0 amide bonds. The van der Waals surface area contributed by atoms with Gasteiger partial charge in [0, 0.05) is 34.4 Å². The summed E-state index contributed by atoms with van der Waals surface area (Å²) in [5.74, 6) is -0.235. The Kier molecular flexibility index (Phi) is 5.71. The van der Waals surface area contributed by atoms with Gasteiger partial charge in [0.25, 0.3) is 0 Å². The molecule has 0 aliphatic carbocycles. The molecule has 0 aliphatic rings. The van der Waals surface area contributed by atoms with Crippen LogP contribution in [-0.4, -0.2) is 22.8 Å². The second-order valence-electron chi connectivity index (χ2n) is 3.97. The average Bonchev–Trinajstić information content (AvgIpc) is 2.27. The van der Waals surface area contributed by atoms with Gasteiger partial charge in [-0.05, 0) is 38.1 Å². The summed E-state index contributed by atoms with van der Waals surface area (Å²) in [4.78, 5) is 0. The summed E-state index contributed by atoms with van der Waals surface area (Å²) in [5, 5.41) is 3.08. The fraction of sp³-hybridized carbons (Fsp3) is 0.500. The lowest BCUT2D eigenvalue weighted by Gasteiger charge is -2.14. The van der Waals surface area contributed by atoms with Gasteiger partial charge in [0.05, 0.1) is 0 Å². The van der Waals surface area contributed by atoms with Gasteiger partial charge < -0.3 is 5.32 Å². The molecule has 0 saturated heterocycles. The van der Waals surface area contributed by atoms with Crippen LogP contribution in [0.25, 0.3) is 0 Å². The van der Waals surface area contributed by atoms with E-state index in [4.69, 9.17) is 0 Å². The second-order valence-corrected chi connectivity index (χ2v) is 5.53. The van der Waals surface area contributed by atoms with Crippen molar-refractivity contribution in [3.8, 4) is 0 Å². The number of rotatable bonds is 6. The van der Waals surface area contributed by atoms with Crippen LogP contribution in [0.3, 0.4) is 0 Å². The molecule has 0 aliphatic heterocycles. The minimum atomic E-state index is -0.807. The van der Waals surface area contributed by atoms with Gasteiger partial charge in [-0.1, -0.05) is 0 Å². The molecule has 17 heavy (non-hydrogen) atoms. The Labute approximate surface area is 103 Å². The molecule has 2 atom stereocenters. The molecule has 5 heteroatoms. The summed E-state index contributed by atoms with van der Waals surface area (Å²) in [6, 6.07) is 3.18. The highest BCUT2D eigenvalue weighted by Crippen LogP contribution is 2.17. The van der Waals surface area contributed by atoms with Crippen molar-refractivity contribution in [2.75, 3.05) is 18.6 Å². The third-order valence-electron chi connectivity index (χ3n) is 2.48. The molecular formula is C12H17F2NOS. The Hall–Kier alpha value is -0.810. The lowest BCUT2D eigenvalue weighted by Crippen LogP contribution is -2.22. The Morgan fingerprint density at radius 1 is 1.41 bits per heavy atom. The van der Waals surface area contributed by atoms with Gasteiger partial charge in [0.2, 0.25) is 0 Å². The van der Waals surface area contributed by atoms with Crippen LogP contribution in [0.1, 0.15) is 24.9 Å². The van der Waals surface area contributed by atoms with Crippen LogP contribution in [0, 0.1) is 11.6 Å². The van der Waals surface area contributed by atoms with E-state index in [1.165, 1.54) is 6.07 Å². The van der Waals surface area contributed by atoms with Gasteiger partial charge in [-0.2, -0.15) is 0 Å². The first kappa shape index (κ1) is 14.3. The molecule has 0 aromatic heterocycles. The van der Waals surface area contributed by atoms with Crippen LogP contribution in [0.15, 0.2) is 18.2 Å². The molecule has 0 radical (unpaired) electrons. The highest BCUT2D eigenvalue weighted by Gasteiger charge is 2.11. The summed E-state index contributed by atoms with van der Waals surface area (Å²) >= 11 is 0. The maximum absolute atomic E-state index is 13.4. The topological polar surface area (TPSA) is 29.1 Å². The van der Waals surface area contributed by atoms with E-state index in [0.717, 1.165) is 18.6 Å². The van der Waals surface area contributed by atoms with Crippen LogP contribution in [-0.2, 0) is 10.8 Å². The summed E-state index contributed by atoms with van der Waals surface area (Å²) in [7, 11) is -0.807. The fourth-order valence-electron chi connectivity index (χ4n) is 1.55. The van der Waals surface area contributed by atoms with Crippen LogP contribution >= 0.6 is 0 Å². The zero-order valence-corrected chi connectivity index (χ0v) is 10.8. The van der Waals surface area contributed by atoms with Gasteiger partial charge in [-0.3, -0.25) is 4.21 Å². The third-order valence-corrected chi connectivity index (χ3v) is 3.35. The molecule has 0 fully saturated rings. The van der Waals surface area contributed by atoms with Crippen molar-refractivity contribution in [2.24, 2.45) is 0 Å². The van der Waals surface area contributed by atoms with Crippen molar-refractivity contribution in [3.63, 3.8) is 0 Å². The van der Waals surface area contributed by atoms with E-state index >= 15 is 0 Å². The Morgan fingerprint density at radius 2 is 2.12 bits per heavy atom. The highest BCUT2D eigenvalue weighted by atomic mass is 32.2. The molecule has 0 saturated carbocycles. The van der Waals surface area contributed by atoms with Crippen molar-refractivity contribution in [1.29, 1.82) is 0 Å². The second kappa shape index (κ2) is 6.81. The number of halogens is 2. The van der Waals surface area contributed by atoms with Crippen molar-refractivity contribution < 1.29 is 13.0 Å². The minimum Gasteiger partial charge on any atom is -0.310 e. The lowest BCUT2D eigenvalue weighted by atomic mass is 10.1. The quantitative estimate of drug-likeness (QED) is 0.797. The van der Waals surface area contributed by atoms with E-state index in [2.05, 4.69) is 5.32 Å². The zero-order valence-electron chi connectivity index (χ0n) is 10.0. The normalized spacial score (nSPS) is 14.6. The number of hydrogen-bond acceptors (Lipinski definition) is 2. The van der Waals surface area contributed by atoms with Crippen LogP contribution < -0.4 is 5.32 Å². The SMILES string of the molecule is CC(NCCCS(C)=O)c1cc(F)ccc1F.